The molecule has 130 valence electrons. The lowest BCUT2D eigenvalue weighted by Gasteiger charge is -1.96. The summed E-state index contributed by atoms with van der Waals surface area (Å²) in [6, 6.07) is 22.8. The Hall–Kier alpha value is -2.63. The van der Waals surface area contributed by atoms with Gasteiger partial charge >= 0.3 is 18.8 Å². The van der Waals surface area contributed by atoms with Crippen LogP contribution in [0.1, 0.15) is 11.1 Å². The quantitative estimate of drug-likeness (QED) is 0.281. The number of benzene rings is 2. The van der Waals surface area contributed by atoms with Crippen LogP contribution in [0.4, 0.5) is 17.3 Å². The third-order valence-electron chi connectivity index (χ3n) is 3.39. The predicted octanol–water partition coefficient (Wildman–Crippen LogP) is 6.81. The molecule has 0 amide bonds. The topological polar surface area (TPSA) is 11.3 Å². The highest BCUT2D eigenvalue weighted by atomic mass is 19.5. The largest absolute Gasteiger partial charge is 0.673 e. The molecule has 2 aromatic carbocycles. The molecule has 6 heteroatoms. The average Bonchev–Trinajstić information content (AvgIpc) is 2.55. The highest BCUT2D eigenvalue weighted by Gasteiger charge is 2.20. The molecule has 0 saturated heterocycles. The molecule has 25 heavy (non-hydrogen) atoms. The SMILES string of the molecule is Cc1ccc(-c2cccc(-c3ccc(C)cc3)[o+]2)cc1.F[B-](F)(F)F. The molecule has 1 heterocycles. The Morgan fingerprint density at radius 1 is 0.600 bits per heavy atom. The highest BCUT2D eigenvalue weighted by Crippen LogP contribution is 2.26. The van der Waals surface area contributed by atoms with Crippen LogP contribution < -0.4 is 0 Å². The van der Waals surface area contributed by atoms with Crippen molar-refractivity contribution in [2.45, 2.75) is 13.8 Å². The van der Waals surface area contributed by atoms with Crippen molar-refractivity contribution in [3.8, 4) is 22.6 Å². The Balaban J connectivity index is 0.000000399. The predicted molar refractivity (Wildman–Crippen MR) is 93.6 cm³/mol. The van der Waals surface area contributed by atoms with Crippen LogP contribution in [-0.4, -0.2) is 7.25 Å². The van der Waals surface area contributed by atoms with Crippen molar-refractivity contribution in [3.05, 3.63) is 77.9 Å². The van der Waals surface area contributed by atoms with Gasteiger partial charge in [0.15, 0.2) is 0 Å². The molecule has 1 nitrogen and oxygen atoms in total. The first kappa shape index (κ1) is 18.7. The molecule has 0 fully saturated rings. The van der Waals surface area contributed by atoms with E-state index in [9.17, 15) is 17.3 Å². The molecule has 1 aromatic heterocycles. The van der Waals surface area contributed by atoms with Gasteiger partial charge in [-0.1, -0.05) is 35.4 Å². The van der Waals surface area contributed by atoms with Gasteiger partial charge < -0.3 is 17.3 Å². The maximum absolute atomic E-state index is 9.75. The smallest absolute Gasteiger partial charge is 0.418 e. The van der Waals surface area contributed by atoms with E-state index in [0.29, 0.717) is 0 Å². The molecule has 0 unspecified atom stereocenters. The van der Waals surface area contributed by atoms with Crippen LogP contribution in [0.15, 0.2) is 71.1 Å². The standard InChI is InChI=1S/C19H17O.BF4/c1-14-6-10-16(11-7-14)18-4-3-5-19(20-18)17-12-8-15(2)9-13-17;2-1(3,4)5/h3-13H,1-2H3;/q+1;-1. The monoisotopic (exact) mass is 348 g/mol. The summed E-state index contributed by atoms with van der Waals surface area (Å²) in [4.78, 5) is 0. The van der Waals surface area contributed by atoms with E-state index in [0.717, 1.165) is 22.6 Å². The van der Waals surface area contributed by atoms with Gasteiger partial charge in [0.25, 0.3) is 0 Å². The van der Waals surface area contributed by atoms with E-state index < -0.39 is 7.25 Å². The summed E-state index contributed by atoms with van der Waals surface area (Å²) in [5, 5.41) is 0. The van der Waals surface area contributed by atoms with Crippen LogP contribution in [0.5, 0.6) is 0 Å². The van der Waals surface area contributed by atoms with Crippen molar-refractivity contribution >= 4 is 7.25 Å². The van der Waals surface area contributed by atoms with E-state index in [1.807, 2.05) is 18.2 Å². The van der Waals surface area contributed by atoms with Crippen molar-refractivity contribution in [1.82, 2.24) is 0 Å². The number of aryl methyl sites for hydroxylation is 2. The maximum Gasteiger partial charge on any atom is 0.673 e. The first-order valence-electron chi connectivity index (χ1n) is 7.67. The third kappa shape index (κ3) is 6.41. The van der Waals surface area contributed by atoms with Crippen molar-refractivity contribution in [3.63, 3.8) is 0 Å². The van der Waals surface area contributed by atoms with Crippen LogP contribution in [0, 0.1) is 13.8 Å². The molecule has 0 N–H and O–H groups in total. The molecule has 0 aliphatic rings. The van der Waals surface area contributed by atoms with Crippen LogP contribution >= 0.6 is 0 Å². The lowest BCUT2D eigenvalue weighted by atomic mass is 10.1. The lowest BCUT2D eigenvalue weighted by molar-refractivity contribution is 0.368. The minimum atomic E-state index is -6.00. The average molecular weight is 348 g/mol. The molecular weight excluding hydrogens is 331 g/mol. The number of hydrogen-bond acceptors (Lipinski definition) is 0. The number of rotatable bonds is 2. The van der Waals surface area contributed by atoms with E-state index >= 15 is 0 Å². The molecule has 0 aliphatic carbocycles. The van der Waals surface area contributed by atoms with Gasteiger partial charge in [0, 0.05) is 12.1 Å². The zero-order valence-electron chi connectivity index (χ0n) is 13.8. The van der Waals surface area contributed by atoms with Crippen molar-refractivity contribution in [2.75, 3.05) is 0 Å². The highest BCUT2D eigenvalue weighted by molar-refractivity contribution is 6.50. The van der Waals surface area contributed by atoms with E-state index in [2.05, 4.69) is 62.4 Å². The van der Waals surface area contributed by atoms with Gasteiger partial charge in [-0.3, -0.25) is 0 Å². The second-order valence-corrected chi connectivity index (χ2v) is 5.58. The Morgan fingerprint density at radius 2 is 0.920 bits per heavy atom. The summed E-state index contributed by atoms with van der Waals surface area (Å²) in [7, 11) is -6.00. The molecule has 3 rings (SSSR count). The fourth-order valence-corrected chi connectivity index (χ4v) is 2.16. The van der Waals surface area contributed by atoms with Gasteiger partial charge in [-0.05, 0) is 44.2 Å². The van der Waals surface area contributed by atoms with E-state index in [4.69, 9.17) is 4.42 Å². The maximum atomic E-state index is 9.75. The summed E-state index contributed by atoms with van der Waals surface area (Å²) in [6.07, 6.45) is 0. The first-order chi connectivity index (χ1) is 11.7. The zero-order chi connectivity index (χ0) is 18.4. The second-order valence-electron chi connectivity index (χ2n) is 5.58. The van der Waals surface area contributed by atoms with Crippen molar-refractivity contribution in [2.24, 2.45) is 0 Å². The van der Waals surface area contributed by atoms with Crippen LogP contribution in [0.25, 0.3) is 22.6 Å². The first-order valence-corrected chi connectivity index (χ1v) is 7.67. The molecule has 0 atom stereocenters. The lowest BCUT2D eigenvalue weighted by Crippen LogP contribution is -2.02. The summed E-state index contributed by atoms with van der Waals surface area (Å²) < 4.78 is 45.0. The fraction of sp³-hybridized carbons (Fsp3) is 0.105. The van der Waals surface area contributed by atoms with E-state index in [-0.39, 0.29) is 0 Å². The van der Waals surface area contributed by atoms with Gasteiger partial charge in [0.05, 0.1) is 11.1 Å². The Kier molecular flexibility index (Phi) is 5.96. The zero-order valence-corrected chi connectivity index (χ0v) is 13.8. The second kappa shape index (κ2) is 7.97. The summed E-state index contributed by atoms with van der Waals surface area (Å²) in [5.74, 6) is 1.78. The molecule has 0 bridgehead atoms. The van der Waals surface area contributed by atoms with Gasteiger partial charge in [-0.15, -0.1) is 0 Å². The number of hydrogen-bond donors (Lipinski definition) is 0. The van der Waals surface area contributed by atoms with Crippen LogP contribution in [0.2, 0.25) is 0 Å². The van der Waals surface area contributed by atoms with Gasteiger partial charge in [-0.2, -0.15) is 0 Å². The van der Waals surface area contributed by atoms with Crippen LogP contribution in [-0.2, 0) is 0 Å². The van der Waals surface area contributed by atoms with Crippen molar-refractivity contribution in [1.29, 1.82) is 0 Å². The Morgan fingerprint density at radius 3 is 1.24 bits per heavy atom. The number of halogens is 4. The fourth-order valence-electron chi connectivity index (χ4n) is 2.16. The van der Waals surface area contributed by atoms with Crippen LogP contribution in [0.3, 0.4) is 0 Å². The molecular formula is C19H17BF4O. The minimum absolute atomic E-state index is 0.892. The van der Waals surface area contributed by atoms with Gasteiger partial charge in [-0.25, -0.2) is 4.42 Å². The summed E-state index contributed by atoms with van der Waals surface area (Å²) in [5.41, 5.74) is 4.71. The molecule has 0 saturated carbocycles. The van der Waals surface area contributed by atoms with Crippen molar-refractivity contribution < 1.29 is 21.7 Å². The molecule has 3 aromatic rings. The molecule has 0 radical (unpaired) electrons. The Labute approximate surface area is 144 Å². The minimum Gasteiger partial charge on any atom is -0.418 e. The molecule has 0 aliphatic heterocycles. The normalized spacial score (nSPS) is 10.8. The third-order valence-corrected chi connectivity index (χ3v) is 3.39. The molecule has 0 spiro atoms. The van der Waals surface area contributed by atoms with E-state index in [1.165, 1.54) is 11.1 Å². The Bertz CT molecular complexity index is 745. The van der Waals surface area contributed by atoms with Gasteiger partial charge in [0.1, 0.15) is 0 Å². The van der Waals surface area contributed by atoms with E-state index in [1.54, 1.807) is 0 Å². The van der Waals surface area contributed by atoms with Gasteiger partial charge in [0.2, 0.25) is 0 Å². The summed E-state index contributed by atoms with van der Waals surface area (Å²) >= 11 is 0. The summed E-state index contributed by atoms with van der Waals surface area (Å²) in [6.45, 7) is 4.17.